The zero-order valence-corrected chi connectivity index (χ0v) is 11.3. The van der Waals surface area contributed by atoms with E-state index in [4.69, 9.17) is 10.5 Å². The third-order valence-corrected chi connectivity index (χ3v) is 3.58. The minimum Gasteiger partial charge on any atom is -0.496 e. The van der Waals surface area contributed by atoms with Crippen molar-refractivity contribution in [2.75, 3.05) is 12.8 Å². The molecule has 1 heterocycles. The number of hydrogen-bond acceptors (Lipinski definition) is 3. The van der Waals surface area contributed by atoms with E-state index in [9.17, 15) is 4.79 Å². The molecular weight excluding hydrogens is 252 g/mol. The molecule has 0 spiro atoms. The van der Waals surface area contributed by atoms with Crippen LogP contribution in [-0.4, -0.2) is 17.9 Å². The summed E-state index contributed by atoms with van der Waals surface area (Å²) in [6.45, 7) is 1.26. The highest BCUT2D eigenvalue weighted by molar-refractivity contribution is 5.98. The van der Waals surface area contributed by atoms with Crippen molar-refractivity contribution in [2.24, 2.45) is 0 Å². The van der Waals surface area contributed by atoms with E-state index < -0.39 is 0 Å². The Kier molecular flexibility index (Phi) is 3.06. The lowest BCUT2D eigenvalue weighted by Crippen LogP contribution is -2.25. The monoisotopic (exact) mass is 268 g/mol. The Morgan fingerprint density at radius 3 is 2.40 bits per heavy atom. The van der Waals surface area contributed by atoms with Crippen LogP contribution in [0.5, 0.6) is 5.75 Å². The molecule has 0 saturated heterocycles. The third kappa shape index (κ3) is 2.09. The maximum Gasteiger partial charge on any atom is 0.258 e. The molecule has 102 valence electrons. The molecule has 1 aliphatic rings. The highest BCUT2D eigenvalue weighted by Crippen LogP contribution is 2.28. The molecule has 0 unspecified atom stereocenters. The Labute approximate surface area is 117 Å². The number of benzene rings is 2. The molecule has 0 aromatic heterocycles. The third-order valence-electron chi connectivity index (χ3n) is 3.58. The lowest BCUT2D eigenvalue weighted by Gasteiger charge is -2.17. The fraction of sp³-hybridized carbons (Fsp3) is 0.188. The second-order valence-electron chi connectivity index (χ2n) is 4.89. The first-order valence-corrected chi connectivity index (χ1v) is 6.48. The predicted molar refractivity (Wildman–Crippen MR) is 77.4 cm³/mol. The van der Waals surface area contributed by atoms with Gasteiger partial charge < -0.3 is 15.4 Å². The van der Waals surface area contributed by atoms with Crippen LogP contribution >= 0.6 is 0 Å². The van der Waals surface area contributed by atoms with Crippen LogP contribution in [0.2, 0.25) is 0 Å². The molecule has 2 aromatic carbocycles. The van der Waals surface area contributed by atoms with Crippen molar-refractivity contribution in [3.05, 3.63) is 59.2 Å². The molecule has 0 saturated carbocycles. The fourth-order valence-corrected chi connectivity index (χ4v) is 2.54. The summed E-state index contributed by atoms with van der Waals surface area (Å²) >= 11 is 0. The molecule has 3 rings (SSSR count). The minimum atomic E-state index is -0.0506. The summed E-state index contributed by atoms with van der Waals surface area (Å²) in [5.41, 5.74) is 9.25. The number of hydrogen-bond donors (Lipinski definition) is 1. The zero-order valence-electron chi connectivity index (χ0n) is 11.3. The number of anilines is 1. The fourth-order valence-electron chi connectivity index (χ4n) is 2.54. The van der Waals surface area contributed by atoms with Crippen molar-refractivity contribution in [1.82, 2.24) is 4.90 Å². The van der Waals surface area contributed by atoms with Crippen LogP contribution in [0.15, 0.2) is 42.5 Å². The van der Waals surface area contributed by atoms with Gasteiger partial charge >= 0.3 is 0 Å². The van der Waals surface area contributed by atoms with Crippen molar-refractivity contribution in [1.29, 1.82) is 0 Å². The van der Waals surface area contributed by atoms with Gasteiger partial charge in [-0.3, -0.25) is 4.79 Å². The number of nitrogens with two attached hydrogens (primary N) is 1. The molecular formula is C16H16N2O2. The van der Waals surface area contributed by atoms with Gasteiger partial charge in [0.25, 0.3) is 5.91 Å². The molecule has 1 amide bonds. The van der Waals surface area contributed by atoms with Gasteiger partial charge in [-0.15, -0.1) is 0 Å². The van der Waals surface area contributed by atoms with Crippen molar-refractivity contribution in [2.45, 2.75) is 13.1 Å². The second kappa shape index (κ2) is 4.89. The maximum absolute atomic E-state index is 12.6. The number of carbonyl (C=O) groups excluding carboxylic acids is 1. The standard InChI is InChI=1S/C16H16N2O2/c1-20-15-7-6-13(17)8-14(15)16(19)18-9-11-4-2-3-5-12(11)10-18/h2-8H,9-10,17H2,1H3. The Morgan fingerprint density at radius 2 is 1.80 bits per heavy atom. The van der Waals surface area contributed by atoms with Gasteiger partial charge in [0, 0.05) is 18.8 Å². The maximum atomic E-state index is 12.6. The second-order valence-corrected chi connectivity index (χ2v) is 4.89. The number of ether oxygens (including phenoxy) is 1. The van der Waals surface area contributed by atoms with E-state index in [1.165, 1.54) is 11.1 Å². The van der Waals surface area contributed by atoms with Crippen LogP contribution in [0.3, 0.4) is 0 Å². The molecule has 1 aliphatic heterocycles. The van der Waals surface area contributed by atoms with Gasteiger partial charge in [0.1, 0.15) is 5.75 Å². The van der Waals surface area contributed by atoms with E-state index in [0.717, 1.165) is 0 Å². The highest BCUT2D eigenvalue weighted by atomic mass is 16.5. The molecule has 4 heteroatoms. The topological polar surface area (TPSA) is 55.6 Å². The summed E-state index contributed by atoms with van der Waals surface area (Å²) in [5.74, 6) is 0.505. The van der Waals surface area contributed by atoms with Crippen LogP contribution in [0.1, 0.15) is 21.5 Å². The summed E-state index contributed by atoms with van der Waals surface area (Å²) in [5, 5.41) is 0. The minimum absolute atomic E-state index is 0.0506. The van der Waals surface area contributed by atoms with E-state index in [1.54, 1.807) is 25.3 Å². The van der Waals surface area contributed by atoms with Crippen LogP contribution < -0.4 is 10.5 Å². The van der Waals surface area contributed by atoms with E-state index >= 15 is 0 Å². The number of nitrogens with zero attached hydrogens (tertiary/aromatic N) is 1. The van der Waals surface area contributed by atoms with Crippen molar-refractivity contribution in [3.63, 3.8) is 0 Å². The van der Waals surface area contributed by atoms with E-state index in [1.807, 2.05) is 17.0 Å². The Bertz CT molecular complexity index is 642. The molecule has 2 N–H and O–H groups in total. The smallest absolute Gasteiger partial charge is 0.258 e. The summed E-state index contributed by atoms with van der Waals surface area (Å²) in [4.78, 5) is 14.4. The molecule has 0 radical (unpaired) electrons. The van der Waals surface area contributed by atoms with Gasteiger partial charge in [0.2, 0.25) is 0 Å². The van der Waals surface area contributed by atoms with Crippen molar-refractivity contribution in [3.8, 4) is 5.75 Å². The lowest BCUT2D eigenvalue weighted by molar-refractivity contribution is 0.0748. The van der Waals surface area contributed by atoms with Crippen molar-refractivity contribution >= 4 is 11.6 Å². The average Bonchev–Trinajstić information content (AvgIpc) is 2.90. The first-order chi connectivity index (χ1) is 9.69. The molecule has 0 fully saturated rings. The normalized spacial score (nSPS) is 13.2. The van der Waals surface area contributed by atoms with Gasteiger partial charge in [-0.1, -0.05) is 24.3 Å². The summed E-state index contributed by atoms with van der Waals surface area (Å²) in [6.07, 6.45) is 0. The Morgan fingerprint density at radius 1 is 1.15 bits per heavy atom. The first kappa shape index (κ1) is 12.5. The van der Waals surface area contributed by atoms with Gasteiger partial charge in [0.15, 0.2) is 0 Å². The summed E-state index contributed by atoms with van der Waals surface area (Å²) in [7, 11) is 1.56. The quantitative estimate of drug-likeness (QED) is 0.851. The SMILES string of the molecule is COc1ccc(N)cc1C(=O)N1Cc2ccccc2C1. The molecule has 0 atom stereocenters. The first-order valence-electron chi connectivity index (χ1n) is 6.48. The Balaban J connectivity index is 1.90. The highest BCUT2D eigenvalue weighted by Gasteiger charge is 2.25. The van der Waals surface area contributed by atoms with E-state index in [2.05, 4.69) is 12.1 Å². The average molecular weight is 268 g/mol. The number of amides is 1. The lowest BCUT2D eigenvalue weighted by atomic mass is 10.1. The predicted octanol–water partition coefficient (Wildman–Crippen LogP) is 2.43. The van der Waals surface area contributed by atoms with E-state index in [-0.39, 0.29) is 5.91 Å². The molecule has 4 nitrogen and oxygen atoms in total. The van der Waals surface area contributed by atoms with Gasteiger partial charge in [-0.05, 0) is 29.3 Å². The van der Waals surface area contributed by atoms with Crippen LogP contribution in [-0.2, 0) is 13.1 Å². The molecule has 2 aromatic rings. The summed E-state index contributed by atoms with van der Waals surface area (Å²) < 4.78 is 5.26. The summed E-state index contributed by atoms with van der Waals surface area (Å²) in [6, 6.07) is 13.2. The van der Waals surface area contributed by atoms with Crippen LogP contribution in [0.4, 0.5) is 5.69 Å². The zero-order chi connectivity index (χ0) is 14.1. The number of carbonyl (C=O) groups is 1. The number of fused-ring (bicyclic) bond motifs is 1. The van der Waals surface area contributed by atoms with Gasteiger partial charge in [-0.2, -0.15) is 0 Å². The number of rotatable bonds is 2. The number of methoxy groups -OCH3 is 1. The molecule has 20 heavy (non-hydrogen) atoms. The number of nitrogen functional groups attached to an aromatic ring is 1. The van der Waals surface area contributed by atoms with Crippen LogP contribution in [0, 0.1) is 0 Å². The largest absolute Gasteiger partial charge is 0.496 e. The molecule has 0 aliphatic carbocycles. The Hall–Kier alpha value is -2.49. The van der Waals surface area contributed by atoms with Gasteiger partial charge in [0.05, 0.1) is 12.7 Å². The molecule has 0 bridgehead atoms. The van der Waals surface area contributed by atoms with Gasteiger partial charge in [-0.25, -0.2) is 0 Å². The van der Waals surface area contributed by atoms with Crippen LogP contribution in [0.25, 0.3) is 0 Å². The van der Waals surface area contributed by atoms with Crippen molar-refractivity contribution < 1.29 is 9.53 Å². The van der Waals surface area contributed by atoms with E-state index in [0.29, 0.717) is 30.1 Å².